The predicted octanol–water partition coefficient (Wildman–Crippen LogP) is 1.33. The summed E-state index contributed by atoms with van der Waals surface area (Å²) in [7, 11) is 7.77. The second kappa shape index (κ2) is 5.50. The van der Waals surface area contributed by atoms with Crippen LogP contribution in [0.5, 0.6) is 5.88 Å². The molecule has 7 nitrogen and oxygen atoms in total. The molecule has 0 radical (unpaired) electrons. The summed E-state index contributed by atoms with van der Waals surface area (Å²) in [6.45, 7) is 0. The molecule has 0 saturated heterocycles. The number of nitrogens with zero attached hydrogens (tertiary/aromatic N) is 2. The van der Waals surface area contributed by atoms with Crippen LogP contribution in [0, 0.1) is 5.92 Å². The average Bonchev–Trinajstić information content (AvgIpc) is 2.91. The highest BCUT2D eigenvalue weighted by Gasteiger charge is 2.62. The minimum Gasteiger partial charge on any atom is -0.461 e. The summed E-state index contributed by atoms with van der Waals surface area (Å²) < 4.78 is 15.8. The number of aromatic nitrogens is 1. The van der Waals surface area contributed by atoms with Gasteiger partial charge in [-0.15, -0.1) is 0 Å². The maximum Gasteiger partial charge on any atom is 0.267 e. The molecule has 9 heteroatoms. The number of carbonyl (C=O) groups excluding carboxylic acids is 2. The monoisotopic (exact) mass is 342 g/mol. The smallest absolute Gasteiger partial charge is 0.267 e. The molecular formula is C13H16N2O5P2. The van der Waals surface area contributed by atoms with Crippen LogP contribution in [0.2, 0.25) is 0 Å². The van der Waals surface area contributed by atoms with E-state index in [9.17, 15) is 9.59 Å². The summed E-state index contributed by atoms with van der Waals surface area (Å²) in [6.07, 6.45) is 3.74. The molecule has 0 N–H and O–H groups in total. The molecule has 22 heavy (non-hydrogen) atoms. The predicted molar refractivity (Wildman–Crippen MR) is 83.4 cm³/mol. The average molecular weight is 342 g/mol. The molecule has 1 heterocycles. The Balaban J connectivity index is 2.31. The lowest BCUT2D eigenvalue weighted by Gasteiger charge is -2.45. The molecule has 0 saturated carbocycles. The number of fused-ring (bicyclic) bond motifs is 2. The van der Waals surface area contributed by atoms with Gasteiger partial charge in [0.2, 0.25) is 11.4 Å². The first-order chi connectivity index (χ1) is 10.5. The lowest BCUT2D eigenvalue weighted by Crippen LogP contribution is -2.59. The fourth-order valence-corrected chi connectivity index (χ4v) is 3.84. The number of hydrogen-bond acceptors (Lipinski definition) is 7. The van der Waals surface area contributed by atoms with Gasteiger partial charge in [0.05, 0.1) is 15.5 Å². The Morgan fingerprint density at radius 1 is 1.41 bits per heavy atom. The van der Waals surface area contributed by atoms with Crippen molar-refractivity contribution in [1.29, 1.82) is 0 Å². The Morgan fingerprint density at radius 3 is 2.73 bits per heavy atom. The van der Waals surface area contributed by atoms with Crippen molar-refractivity contribution in [3.05, 3.63) is 23.5 Å². The van der Waals surface area contributed by atoms with Gasteiger partial charge in [-0.3, -0.25) is 14.5 Å². The molecule has 3 rings (SSSR count). The Bertz CT molecular complexity index is 671. The molecule has 2 unspecified atom stereocenters. The summed E-state index contributed by atoms with van der Waals surface area (Å²) in [6, 6.07) is -0.366. The largest absolute Gasteiger partial charge is 0.461 e. The van der Waals surface area contributed by atoms with Crippen LogP contribution in [0.3, 0.4) is 0 Å². The van der Waals surface area contributed by atoms with Crippen molar-refractivity contribution in [2.24, 2.45) is 5.92 Å². The van der Waals surface area contributed by atoms with Crippen molar-refractivity contribution in [2.45, 2.75) is 18.1 Å². The van der Waals surface area contributed by atoms with Gasteiger partial charge in [0.25, 0.3) is 5.88 Å². The first-order valence-electron chi connectivity index (χ1n) is 6.64. The number of Topliss-reactive ketones (excluding diaryl/α,β-unsaturated/α-hetero) is 2. The molecule has 0 amide bonds. The number of ketones is 2. The van der Waals surface area contributed by atoms with Crippen molar-refractivity contribution in [3.8, 4) is 5.88 Å². The van der Waals surface area contributed by atoms with E-state index in [4.69, 9.17) is 13.6 Å². The van der Waals surface area contributed by atoms with Gasteiger partial charge in [0.1, 0.15) is 5.56 Å². The van der Waals surface area contributed by atoms with Gasteiger partial charge in [-0.2, -0.15) is 0 Å². The zero-order chi connectivity index (χ0) is 16.1. The highest BCUT2D eigenvalue weighted by atomic mass is 31.0. The minimum atomic E-state index is -1.59. The first kappa shape index (κ1) is 15.8. The minimum absolute atomic E-state index is 0.0408. The van der Waals surface area contributed by atoms with Crippen LogP contribution in [0.1, 0.15) is 28.6 Å². The molecule has 2 aliphatic rings. The maximum atomic E-state index is 13.0. The normalized spacial score (nSPS) is 30.4. The molecule has 1 aromatic heterocycles. The van der Waals surface area contributed by atoms with E-state index in [0.717, 1.165) is 0 Å². The molecule has 1 aromatic rings. The van der Waals surface area contributed by atoms with Gasteiger partial charge in [0, 0.05) is 21.8 Å². The lowest BCUT2D eigenvalue weighted by molar-refractivity contribution is -0.134. The fraction of sp³-hybridized carbons (Fsp3) is 0.462. The van der Waals surface area contributed by atoms with Crippen molar-refractivity contribution >= 4 is 30.5 Å². The topological polar surface area (TPSA) is 81.9 Å². The zero-order valence-electron chi connectivity index (χ0n) is 12.1. The molecule has 118 valence electrons. The highest BCUT2D eigenvalue weighted by Crippen LogP contribution is 2.51. The number of allylic oxidation sites excluding steroid dienone is 1. The lowest BCUT2D eigenvalue weighted by atomic mass is 9.66. The quantitative estimate of drug-likeness (QED) is 0.466. The third-order valence-corrected chi connectivity index (χ3v) is 4.84. The van der Waals surface area contributed by atoms with E-state index in [2.05, 4.69) is 14.6 Å². The third kappa shape index (κ3) is 1.86. The van der Waals surface area contributed by atoms with Gasteiger partial charge in [-0.25, -0.2) is 0 Å². The van der Waals surface area contributed by atoms with Crippen molar-refractivity contribution in [1.82, 2.24) is 10.1 Å². The van der Waals surface area contributed by atoms with E-state index < -0.39 is 17.3 Å². The fourth-order valence-electron chi connectivity index (χ4n) is 3.28. The van der Waals surface area contributed by atoms with Gasteiger partial charge >= 0.3 is 0 Å². The Labute approximate surface area is 131 Å². The summed E-state index contributed by atoms with van der Waals surface area (Å²) in [4.78, 5) is 27.5. The van der Waals surface area contributed by atoms with E-state index in [1.807, 2.05) is 34.5 Å². The number of hydrogen-bond donors (Lipinski definition) is 0. The van der Waals surface area contributed by atoms with Crippen LogP contribution < -0.4 is 4.52 Å². The van der Waals surface area contributed by atoms with Crippen LogP contribution >= 0.6 is 18.9 Å². The third-order valence-electron chi connectivity index (χ3n) is 4.24. The molecule has 0 fully saturated rings. The Kier molecular flexibility index (Phi) is 3.94. The summed E-state index contributed by atoms with van der Waals surface area (Å²) in [5.74, 6) is -0.831. The highest BCUT2D eigenvalue weighted by molar-refractivity contribution is 7.10. The second-order valence-electron chi connectivity index (χ2n) is 5.52. The van der Waals surface area contributed by atoms with Gasteiger partial charge < -0.3 is 13.6 Å². The Hall–Kier alpha value is -1.13. The molecule has 0 aromatic carbocycles. The standard InChI is InChI=1S/C13H16N2O5P2/c1-15(2)9-6-4-3-5-7(16)13(6,20-22)11(17)8-10(9)18-14-12(8)19-21/h3-4,6,9H,5,21-22H2,1-2H3/t6-,9-,13-/m0/s1. The maximum absolute atomic E-state index is 13.0. The van der Waals surface area contributed by atoms with Crippen LogP contribution in [0.4, 0.5) is 0 Å². The van der Waals surface area contributed by atoms with Crippen molar-refractivity contribution < 1.29 is 23.2 Å². The van der Waals surface area contributed by atoms with E-state index in [0.29, 0.717) is 5.76 Å². The van der Waals surface area contributed by atoms with E-state index in [1.165, 1.54) is 0 Å². The zero-order valence-corrected chi connectivity index (χ0v) is 14.4. The van der Waals surface area contributed by atoms with Crippen LogP contribution in [0.15, 0.2) is 16.7 Å². The molecular weight excluding hydrogens is 326 g/mol. The van der Waals surface area contributed by atoms with Gasteiger partial charge in [-0.05, 0) is 19.3 Å². The summed E-state index contributed by atoms with van der Waals surface area (Å²) in [5.41, 5.74) is -1.43. The van der Waals surface area contributed by atoms with E-state index >= 15 is 0 Å². The van der Waals surface area contributed by atoms with Crippen LogP contribution in [-0.4, -0.2) is 41.3 Å². The SMILES string of the molecule is CN(C)[C@@H]1c2onc(OP)c2C(=O)[C@@]2(OP)C(=O)CC=C[C@@H]12. The van der Waals surface area contributed by atoms with Crippen LogP contribution in [0.25, 0.3) is 0 Å². The molecule has 5 atom stereocenters. The van der Waals surface area contributed by atoms with Crippen molar-refractivity contribution in [3.63, 3.8) is 0 Å². The summed E-state index contributed by atoms with van der Waals surface area (Å²) >= 11 is 0. The van der Waals surface area contributed by atoms with Crippen LogP contribution in [-0.2, 0) is 9.32 Å². The second-order valence-corrected chi connectivity index (χ2v) is 5.99. The molecule has 0 aliphatic heterocycles. The van der Waals surface area contributed by atoms with E-state index in [-0.39, 0.29) is 29.7 Å². The van der Waals surface area contributed by atoms with Gasteiger partial charge in [-0.1, -0.05) is 12.2 Å². The van der Waals surface area contributed by atoms with Crippen molar-refractivity contribution in [2.75, 3.05) is 14.1 Å². The Morgan fingerprint density at radius 2 is 2.14 bits per heavy atom. The molecule has 0 spiro atoms. The van der Waals surface area contributed by atoms with E-state index in [1.54, 1.807) is 6.08 Å². The molecule has 0 bridgehead atoms. The number of rotatable bonds is 3. The molecule has 2 aliphatic carbocycles. The van der Waals surface area contributed by atoms with Gasteiger partial charge in [0.15, 0.2) is 11.5 Å². The number of carbonyl (C=O) groups is 2. The first-order valence-corrected chi connectivity index (χ1v) is 7.58. The summed E-state index contributed by atoms with van der Waals surface area (Å²) in [5, 5.41) is 3.78.